The molecule has 108 valence electrons. The monoisotopic (exact) mass is 272 g/mol. The molecule has 0 atom stereocenters. The van der Waals surface area contributed by atoms with E-state index in [1.807, 2.05) is 18.2 Å². The molecular formula is C18H24O2. The second-order valence-corrected chi connectivity index (χ2v) is 5.76. The normalized spacial score (nSPS) is 19.9. The van der Waals surface area contributed by atoms with Gasteiger partial charge in [0, 0.05) is 6.08 Å². The molecule has 0 spiro atoms. The van der Waals surface area contributed by atoms with E-state index in [1.165, 1.54) is 36.5 Å². The molecule has 0 bridgehead atoms. The van der Waals surface area contributed by atoms with Crippen molar-refractivity contribution in [3.8, 4) is 0 Å². The number of allylic oxidation sites excluding steroid dienone is 9. The van der Waals surface area contributed by atoms with Crippen LogP contribution in [0.5, 0.6) is 0 Å². The average molecular weight is 272 g/mol. The summed E-state index contributed by atoms with van der Waals surface area (Å²) in [6, 6.07) is 0. The van der Waals surface area contributed by atoms with E-state index in [1.54, 1.807) is 6.08 Å². The van der Waals surface area contributed by atoms with Crippen molar-refractivity contribution in [1.82, 2.24) is 0 Å². The van der Waals surface area contributed by atoms with Crippen LogP contribution in [0.4, 0.5) is 0 Å². The molecule has 0 radical (unpaired) electrons. The van der Waals surface area contributed by atoms with Gasteiger partial charge in [-0.25, -0.2) is 4.79 Å². The van der Waals surface area contributed by atoms with Crippen LogP contribution in [0.1, 0.15) is 40.0 Å². The van der Waals surface area contributed by atoms with Gasteiger partial charge in [0.25, 0.3) is 0 Å². The van der Waals surface area contributed by atoms with Crippen LogP contribution in [0, 0.1) is 5.41 Å². The summed E-state index contributed by atoms with van der Waals surface area (Å²) >= 11 is 0. The summed E-state index contributed by atoms with van der Waals surface area (Å²) in [4.78, 5) is 10.2. The summed E-state index contributed by atoms with van der Waals surface area (Å²) in [5, 5.41) is 8.42. The molecule has 2 nitrogen and oxygen atoms in total. The molecule has 0 amide bonds. The van der Waals surface area contributed by atoms with Gasteiger partial charge in [0.2, 0.25) is 0 Å². The van der Waals surface area contributed by atoms with Gasteiger partial charge in [-0.15, -0.1) is 0 Å². The number of carboxylic acids is 1. The van der Waals surface area contributed by atoms with E-state index in [0.717, 1.165) is 6.08 Å². The lowest BCUT2D eigenvalue weighted by atomic mass is 9.73. The summed E-state index contributed by atoms with van der Waals surface area (Å²) in [6.45, 7) is 6.83. The van der Waals surface area contributed by atoms with Crippen LogP contribution in [-0.2, 0) is 4.79 Å². The molecule has 1 aliphatic carbocycles. The zero-order valence-electron chi connectivity index (χ0n) is 12.6. The van der Waals surface area contributed by atoms with Crippen molar-refractivity contribution in [2.24, 2.45) is 5.41 Å². The first-order valence-electron chi connectivity index (χ1n) is 7.05. The van der Waals surface area contributed by atoms with Gasteiger partial charge in [-0.2, -0.15) is 0 Å². The van der Waals surface area contributed by atoms with Crippen molar-refractivity contribution in [2.75, 3.05) is 0 Å². The number of carboxylic acid groups (broad SMARTS) is 1. The van der Waals surface area contributed by atoms with Crippen molar-refractivity contribution in [2.45, 2.75) is 40.0 Å². The van der Waals surface area contributed by atoms with E-state index in [9.17, 15) is 4.79 Å². The predicted molar refractivity (Wildman–Crippen MR) is 84.5 cm³/mol. The van der Waals surface area contributed by atoms with Gasteiger partial charge in [-0.1, -0.05) is 62.0 Å². The maximum atomic E-state index is 10.2. The van der Waals surface area contributed by atoms with Gasteiger partial charge in [0.15, 0.2) is 0 Å². The first kappa shape index (κ1) is 16.2. The highest BCUT2D eigenvalue weighted by Gasteiger charge is 2.26. The molecule has 1 N–H and O–H groups in total. The highest BCUT2D eigenvalue weighted by Crippen LogP contribution is 2.40. The molecule has 1 rings (SSSR count). The van der Waals surface area contributed by atoms with Crippen LogP contribution in [0.15, 0.2) is 59.8 Å². The van der Waals surface area contributed by atoms with Crippen LogP contribution in [0.3, 0.4) is 0 Å². The molecule has 0 saturated heterocycles. The van der Waals surface area contributed by atoms with Crippen molar-refractivity contribution in [1.29, 1.82) is 0 Å². The Balaban J connectivity index is 2.58. The van der Waals surface area contributed by atoms with Gasteiger partial charge < -0.3 is 5.11 Å². The first-order valence-corrected chi connectivity index (χ1v) is 7.05. The molecule has 2 heteroatoms. The van der Waals surface area contributed by atoms with Crippen LogP contribution in [-0.4, -0.2) is 11.1 Å². The number of aliphatic carboxylic acids is 1. The summed E-state index contributed by atoms with van der Waals surface area (Å²) in [7, 11) is 0. The maximum absolute atomic E-state index is 10.2. The largest absolute Gasteiger partial charge is 0.478 e. The van der Waals surface area contributed by atoms with Gasteiger partial charge in [-0.05, 0) is 37.2 Å². The quantitative estimate of drug-likeness (QED) is 0.575. The third-order valence-corrected chi connectivity index (χ3v) is 3.60. The molecule has 0 aliphatic heterocycles. The zero-order chi connectivity index (χ0) is 15.0. The molecule has 0 aromatic heterocycles. The average Bonchev–Trinajstić information content (AvgIpc) is 2.34. The smallest absolute Gasteiger partial charge is 0.328 e. The Labute approximate surface area is 121 Å². The van der Waals surface area contributed by atoms with Crippen molar-refractivity contribution in [3.05, 3.63) is 59.8 Å². The van der Waals surface area contributed by atoms with Crippen LogP contribution in [0.25, 0.3) is 0 Å². The Morgan fingerprint density at radius 1 is 1.10 bits per heavy atom. The lowest BCUT2D eigenvalue weighted by molar-refractivity contribution is -0.131. The van der Waals surface area contributed by atoms with E-state index < -0.39 is 5.97 Å². The highest BCUT2D eigenvalue weighted by molar-refractivity contribution is 5.80. The van der Waals surface area contributed by atoms with E-state index in [2.05, 4.69) is 32.9 Å². The Hall–Kier alpha value is -1.83. The Morgan fingerprint density at radius 3 is 2.30 bits per heavy atom. The van der Waals surface area contributed by atoms with Gasteiger partial charge in [0.05, 0.1) is 0 Å². The fraction of sp³-hybridized carbons (Fsp3) is 0.389. The van der Waals surface area contributed by atoms with Crippen LogP contribution in [0.2, 0.25) is 0 Å². The fourth-order valence-electron chi connectivity index (χ4n) is 2.56. The fourth-order valence-corrected chi connectivity index (χ4v) is 2.56. The van der Waals surface area contributed by atoms with Gasteiger partial charge in [-0.3, -0.25) is 0 Å². The Kier molecular flexibility index (Phi) is 6.23. The maximum Gasteiger partial charge on any atom is 0.328 e. The topological polar surface area (TPSA) is 37.3 Å². The van der Waals surface area contributed by atoms with Crippen LogP contribution >= 0.6 is 0 Å². The SMILES string of the molecule is CC1=C(/C=C/C=C/C=C/C=C/C(=O)O)C(C)(C)CCC1. The zero-order valence-corrected chi connectivity index (χ0v) is 12.6. The Morgan fingerprint density at radius 2 is 1.70 bits per heavy atom. The molecule has 0 saturated carbocycles. The second-order valence-electron chi connectivity index (χ2n) is 5.76. The minimum absolute atomic E-state index is 0.271. The number of hydrogen-bond donors (Lipinski definition) is 1. The third kappa shape index (κ3) is 5.43. The molecule has 0 fully saturated rings. The summed E-state index contributed by atoms with van der Waals surface area (Å²) in [5.74, 6) is -0.930. The third-order valence-electron chi connectivity index (χ3n) is 3.60. The minimum Gasteiger partial charge on any atom is -0.478 e. The van der Waals surface area contributed by atoms with E-state index in [0.29, 0.717) is 0 Å². The molecule has 0 heterocycles. The molecule has 0 unspecified atom stereocenters. The number of rotatable bonds is 5. The van der Waals surface area contributed by atoms with Crippen molar-refractivity contribution >= 4 is 5.97 Å². The lowest BCUT2D eigenvalue weighted by Crippen LogP contribution is -2.18. The number of carbonyl (C=O) groups is 1. The molecule has 1 aliphatic rings. The summed E-state index contributed by atoms with van der Waals surface area (Å²) < 4.78 is 0. The molecule has 0 aromatic carbocycles. The minimum atomic E-state index is -0.930. The summed E-state index contributed by atoms with van der Waals surface area (Å²) in [5.41, 5.74) is 3.21. The van der Waals surface area contributed by atoms with Crippen molar-refractivity contribution < 1.29 is 9.90 Å². The lowest BCUT2D eigenvalue weighted by Gasteiger charge is -2.32. The highest BCUT2D eigenvalue weighted by atomic mass is 16.4. The van der Waals surface area contributed by atoms with Gasteiger partial charge >= 0.3 is 5.97 Å². The Bertz CT molecular complexity index is 486. The van der Waals surface area contributed by atoms with Crippen molar-refractivity contribution in [3.63, 3.8) is 0 Å². The van der Waals surface area contributed by atoms with Gasteiger partial charge in [0.1, 0.15) is 0 Å². The number of hydrogen-bond acceptors (Lipinski definition) is 1. The molecule has 20 heavy (non-hydrogen) atoms. The molecular weight excluding hydrogens is 248 g/mol. The standard InChI is InChI=1S/C18H24O2/c1-15-11-10-14-18(2,3)16(15)12-8-6-4-5-7-9-13-17(19)20/h4-9,12-13H,10-11,14H2,1-3H3,(H,19,20)/b6-4+,7-5+,12-8+,13-9+. The first-order chi connectivity index (χ1) is 9.43. The van der Waals surface area contributed by atoms with Crippen LogP contribution < -0.4 is 0 Å². The summed E-state index contributed by atoms with van der Waals surface area (Å²) in [6.07, 6.45) is 18.0. The van der Waals surface area contributed by atoms with E-state index in [-0.39, 0.29) is 5.41 Å². The predicted octanol–water partition coefficient (Wildman–Crippen LogP) is 4.82. The van der Waals surface area contributed by atoms with E-state index in [4.69, 9.17) is 5.11 Å². The second kappa shape index (κ2) is 7.68. The van der Waals surface area contributed by atoms with E-state index >= 15 is 0 Å². The molecule has 0 aromatic rings.